The van der Waals surface area contributed by atoms with Gasteiger partial charge < -0.3 is 18.8 Å². The van der Waals surface area contributed by atoms with Gasteiger partial charge in [-0.15, -0.1) is 10.2 Å². The second-order valence-corrected chi connectivity index (χ2v) is 3.85. The molecule has 2 aromatic rings. The summed E-state index contributed by atoms with van der Waals surface area (Å²) in [6, 6.07) is 3.72. The van der Waals surface area contributed by atoms with Crippen molar-refractivity contribution in [2.45, 2.75) is 13.5 Å². The molecule has 0 N–H and O–H groups in total. The third-order valence-electron chi connectivity index (χ3n) is 2.88. The van der Waals surface area contributed by atoms with E-state index >= 15 is 0 Å². The SMILES string of the molecule is CCn1cnnc1-c1cc(OC)c(OC)c(OC)c1. The number of aryl methyl sites for hydroxylation is 1. The summed E-state index contributed by atoms with van der Waals surface area (Å²) in [5.74, 6) is 2.53. The predicted octanol–water partition coefficient (Wildman–Crippen LogP) is 1.99. The van der Waals surface area contributed by atoms with E-state index in [0.29, 0.717) is 17.2 Å². The van der Waals surface area contributed by atoms with E-state index in [1.807, 2.05) is 23.6 Å². The quantitative estimate of drug-likeness (QED) is 0.825. The van der Waals surface area contributed by atoms with E-state index < -0.39 is 0 Å². The highest BCUT2D eigenvalue weighted by molar-refractivity contribution is 5.66. The number of methoxy groups -OCH3 is 3. The maximum atomic E-state index is 5.33. The Morgan fingerprint density at radius 1 is 1.05 bits per heavy atom. The van der Waals surface area contributed by atoms with Crippen LogP contribution in [0.25, 0.3) is 11.4 Å². The number of hydrogen-bond acceptors (Lipinski definition) is 5. The zero-order chi connectivity index (χ0) is 13.8. The van der Waals surface area contributed by atoms with Crippen molar-refractivity contribution in [3.05, 3.63) is 18.5 Å². The van der Waals surface area contributed by atoms with Gasteiger partial charge in [-0.1, -0.05) is 0 Å². The average Bonchev–Trinajstić information content (AvgIpc) is 2.93. The lowest BCUT2D eigenvalue weighted by atomic mass is 10.1. The zero-order valence-electron chi connectivity index (χ0n) is 11.5. The van der Waals surface area contributed by atoms with Gasteiger partial charge in [0, 0.05) is 12.1 Å². The minimum atomic E-state index is 0.566. The largest absolute Gasteiger partial charge is 0.493 e. The summed E-state index contributed by atoms with van der Waals surface area (Å²) >= 11 is 0. The molecule has 1 aromatic heterocycles. The maximum Gasteiger partial charge on any atom is 0.203 e. The first-order valence-corrected chi connectivity index (χ1v) is 5.93. The molecule has 102 valence electrons. The minimum absolute atomic E-state index is 0.566. The lowest BCUT2D eigenvalue weighted by molar-refractivity contribution is 0.324. The highest BCUT2D eigenvalue weighted by Crippen LogP contribution is 2.40. The summed E-state index contributed by atoms with van der Waals surface area (Å²) < 4.78 is 17.9. The van der Waals surface area contributed by atoms with Crippen molar-refractivity contribution in [1.82, 2.24) is 14.8 Å². The smallest absolute Gasteiger partial charge is 0.203 e. The fourth-order valence-corrected chi connectivity index (χ4v) is 1.92. The highest BCUT2D eigenvalue weighted by atomic mass is 16.5. The molecule has 0 saturated carbocycles. The van der Waals surface area contributed by atoms with Crippen molar-refractivity contribution in [3.63, 3.8) is 0 Å². The Morgan fingerprint density at radius 2 is 1.68 bits per heavy atom. The lowest BCUT2D eigenvalue weighted by Gasteiger charge is -2.14. The average molecular weight is 263 g/mol. The van der Waals surface area contributed by atoms with Crippen molar-refractivity contribution in [2.24, 2.45) is 0 Å². The normalized spacial score (nSPS) is 10.3. The first-order chi connectivity index (χ1) is 9.24. The van der Waals surface area contributed by atoms with Crippen LogP contribution in [0.1, 0.15) is 6.92 Å². The number of hydrogen-bond donors (Lipinski definition) is 0. The third-order valence-corrected chi connectivity index (χ3v) is 2.88. The topological polar surface area (TPSA) is 58.4 Å². The molecule has 1 aromatic carbocycles. The first kappa shape index (κ1) is 13.2. The fraction of sp³-hybridized carbons (Fsp3) is 0.385. The van der Waals surface area contributed by atoms with Gasteiger partial charge in [-0.3, -0.25) is 0 Å². The Balaban J connectivity index is 2.59. The number of rotatable bonds is 5. The molecule has 1 heterocycles. The van der Waals surface area contributed by atoms with Crippen molar-refractivity contribution in [1.29, 1.82) is 0 Å². The van der Waals surface area contributed by atoms with E-state index in [2.05, 4.69) is 10.2 Å². The van der Waals surface area contributed by atoms with Gasteiger partial charge in [-0.25, -0.2) is 0 Å². The lowest BCUT2D eigenvalue weighted by Crippen LogP contribution is -1.99. The van der Waals surface area contributed by atoms with Crippen LogP contribution in [0.5, 0.6) is 17.2 Å². The van der Waals surface area contributed by atoms with Crippen LogP contribution in [0.4, 0.5) is 0 Å². The Labute approximate surface area is 111 Å². The van der Waals surface area contributed by atoms with Crippen molar-refractivity contribution < 1.29 is 14.2 Å². The maximum absolute atomic E-state index is 5.33. The van der Waals surface area contributed by atoms with E-state index in [9.17, 15) is 0 Å². The van der Waals surface area contributed by atoms with E-state index in [1.54, 1.807) is 27.7 Å². The third kappa shape index (κ3) is 2.33. The van der Waals surface area contributed by atoms with E-state index in [-0.39, 0.29) is 0 Å². The van der Waals surface area contributed by atoms with Crippen LogP contribution in [0.2, 0.25) is 0 Å². The van der Waals surface area contributed by atoms with Gasteiger partial charge in [-0.2, -0.15) is 0 Å². The van der Waals surface area contributed by atoms with Crippen LogP contribution in [-0.4, -0.2) is 36.1 Å². The summed E-state index contributed by atoms with van der Waals surface area (Å²) in [4.78, 5) is 0. The predicted molar refractivity (Wildman–Crippen MR) is 70.8 cm³/mol. The van der Waals surface area contributed by atoms with Gasteiger partial charge in [0.05, 0.1) is 21.3 Å². The molecule has 0 unspecified atom stereocenters. The second-order valence-electron chi connectivity index (χ2n) is 3.85. The zero-order valence-corrected chi connectivity index (χ0v) is 11.5. The molecular formula is C13H17N3O3. The van der Waals surface area contributed by atoms with E-state index in [1.165, 1.54) is 0 Å². The summed E-state index contributed by atoms with van der Waals surface area (Å²) in [5, 5.41) is 8.05. The van der Waals surface area contributed by atoms with Crippen LogP contribution in [-0.2, 0) is 6.54 Å². The summed E-state index contributed by atoms with van der Waals surface area (Å²) in [6.07, 6.45) is 1.69. The number of nitrogens with zero attached hydrogens (tertiary/aromatic N) is 3. The Hall–Kier alpha value is -2.24. The Kier molecular flexibility index (Phi) is 3.89. The van der Waals surface area contributed by atoms with Gasteiger partial charge in [0.25, 0.3) is 0 Å². The molecule has 0 bridgehead atoms. The van der Waals surface area contributed by atoms with Crippen LogP contribution in [0.15, 0.2) is 18.5 Å². The summed E-state index contributed by atoms with van der Waals surface area (Å²) in [6.45, 7) is 2.82. The van der Waals surface area contributed by atoms with E-state index in [4.69, 9.17) is 14.2 Å². The molecule has 0 fully saturated rings. The second kappa shape index (κ2) is 5.60. The van der Waals surface area contributed by atoms with Crippen LogP contribution in [0, 0.1) is 0 Å². The molecule has 0 aliphatic rings. The van der Waals surface area contributed by atoms with Gasteiger partial charge >= 0.3 is 0 Å². The molecule has 0 radical (unpaired) electrons. The summed E-state index contributed by atoms with van der Waals surface area (Å²) in [7, 11) is 4.76. The Morgan fingerprint density at radius 3 is 2.16 bits per heavy atom. The molecule has 6 nitrogen and oxygen atoms in total. The van der Waals surface area contributed by atoms with Gasteiger partial charge in [0.15, 0.2) is 17.3 Å². The minimum Gasteiger partial charge on any atom is -0.493 e. The highest BCUT2D eigenvalue weighted by Gasteiger charge is 2.16. The molecule has 0 amide bonds. The molecule has 0 aliphatic carbocycles. The van der Waals surface area contributed by atoms with Gasteiger partial charge in [-0.05, 0) is 19.1 Å². The number of ether oxygens (including phenoxy) is 3. The van der Waals surface area contributed by atoms with Crippen molar-refractivity contribution in [2.75, 3.05) is 21.3 Å². The van der Waals surface area contributed by atoms with Crippen molar-refractivity contribution >= 4 is 0 Å². The number of benzene rings is 1. The van der Waals surface area contributed by atoms with Crippen LogP contribution in [0.3, 0.4) is 0 Å². The van der Waals surface area contributed by atoms with E-state index in [0.717, 1.165) is 17.9 Å². The number of aromatic nitrogens is 3. The molecule has 0 spiro atoms. The molecule has 19 heavy (non-hydrogen) atoms. The van der Waals surface area contributed by atoms with Crippen molar-refractivity contribution in [3.8, 4) is 28.6 Å². The van der Waals surface area contributed by atoms with Gasteiger partial charge in [0.2, 0.25) is 5.75 Å². The standard InChI is InChI=1S/C13H17N3O3/c1-5-16-8-14-15-13(16)9-6-10(17-2)12(19-4)11(7-9)18-3/h6-8H,5H2,1-4H3. The molecule has 0 saturated heterocycles. The van der Waals surface area contributed by atoms with Crippen LogP contribution < -0.4 is 14.2 Å². The molecule has 2 rings (SSSR count). The fourth-order valence-electron chi connectivity index (χ4n) is 1.92. The molecular weight excluding hydrogens is 246 g/mol. The molecule has 0 atom stereocenters. The van der Waals surface area contributed by atoms with Gasteiger partial charge in [0.1, 0.15) is 6.33 Å². The Bertz CT molecular complexity index is 541. The first-order valence-electron chi connectivity index (χ1n) is 5.93. The molecule has 6 heteroatoms. The molecule has 0 aliphatic heterocycles. The monoisotopic (exact) mass is 263 g/mol. The van der Waals surface area contributed by atoms with Crippen LogP contribution >= 0.6 is 0 Å². The summed E-state index contributed by atoms with van der Waals surface area (Å²) in [5.41, 5.74) is 0.869.